The summed E-state index contributed by atoms with van der Waals surface area (Å²) in [7, 11) is 0. The Morgan fingerprint density at radius 2 is 1.32 bits per heavy atom. The predicted octanol–water partition coefficient (Wildman–Crippen LogP) is 4.36. The second-order valence-electron chi connectivity index (χ2n) is 9.78. The summed E-state index contributed by atoms with van der Waals surface area (Å²) in [4.78, 5) is 25.2. The first-order chi connectivity index (χ1) is 14.4. The first-order valence-electron chi connectivity index (χ1n) is 10.5. The van der Waals surface area contributed by atoms with E-state index in [1.54, 1.807) is 24.3 Å². The monoisotopic (exact) mass is 422 g/mol. The molecule has 0 aliphatic rings. The lowest BCUT2D eigenvalue weighted by Gasteiger charge is -2.22. The minimum atomic E-state index is -0.803. The molecule has 0 aromatic heterocycles. The molecule has 2 aromatic carbocycles. The smallest absolute Gasteiger partial charge is 0.252 e. The molecule has 0 spiro atoms. The molecule has 0 fully saturated rings. The van der Waals surface area contributed by atoms with Gasteiger partial charge in [0.05, 0.1) is 6.10 Å². The van der Waals surface area contributed by atoms with Crippen LogP contribution in [-0.2, 0) is 6.42 Å². The Hall–Kier alpha value is -2.92. The first-order valence-corrected chi connectivity index (χ1v) is 10.5. The number of carbonyl (C=O) groups is 2. The lowest BCUT2D eigenvalue weighted by Crippen LogP contribution is -2.41. The van der Waals surface area contributed by atoms with Gasteiger partial charge in [0.1, 0.15) is 0 Å². The molecular formula is C26H34N2O3. The Kier molecular flexibility index (Phi) is 7.80. The van der Waals surface area contributed by atoms with E-state index in [1.807, 2.05) is 77.9 Å². The number of carbonyl (C=O) groups excluding carboxylic acids is 2. The van der Waals surface area contributed by atoms with Crippen LogP contribution in [0.5, 0.6) is 0 Å². The lowest BCUT2D eigenvalue weighted by atomic mass is 9.98. The van der Waals surface area contributed by atoms with Gasteiger partial charge < -0.3 is 15.7 Å². The van der Waals surface area contributed by atoms with E-state index in [9.17, 15) is 14.7 Å². The lowest BCUT2D eigenvalue weighted by molar-refractivity contribution is 0.0909. The van der Waals surface area contributed by atoms with Crippen LogP contribution in [0.4, 0.5) is 0 Å². The molecule has 166 valence electrons. The molecule has 0 heterocycles. The average molecular weight is 423 g/mol. The van der Waals surface area contributed by atoms with E-state index < -0.39 is 6.10 Å². The molecule has 2 amide bonds. The number of amides is 2. The van der Waals surface area contributed by atoms with Gasteiger partial charge in [-0.1, -0.05) is 48.6 Å². The van der Waals surface area contributed by atoms with Crippen molar-refractivity contribution in [3.8, 4) is 0 Å². The van der Waals surface area contributed by atoms with E-state index in [-0.39, 0.29) is 22.9 Å². The summed E-state index contributed by atoms with van der Waals surface area (Å²) < 4.78 is 0. The van der Waals surface area contributed by atoms with Gasteiger partial charge in [0.2, 0.25) is 0 Å². The van der Waals surface area contributed by atoms with E-state index in [0.29, 0.717) is 17.5 Å². The zero-order chi connectivity index (χ0) is 23.2. The maximum Gasteiger partial charge on any atom is 0.252 e. The Labute approximate surface area is 185 Å². The number of hydrogen-bond acceptors (Lipinski definition) is 3. The van der Waals surface area contributed by atoms with Gasteiger partial charge >= 0.3 is 0 Å². The number of aliphatic hydroxyl groups is 1. The molecule has 0 aliphatic heterocycles. The predicted molar refractivity (Wildman–Crippen MR) is 126 cm³/mol. The minimum Gasteiger partial charge on any atom is -0.389 e. The van der Waals surface area contributed by atoms with Crippen molar-refractivity contribution < 1.29 is 14.7 Å². The van der Waals surface area contributed by atoms with Crippen LogP contribution in [0.2, 0.25) is 0 Å². The molecule has 5 nitrogen and oxygen atoms in total. The van der Waals surface area contributed by atoms with Crippen LogP contribution in [-0.4, -0.2) is 34.1 Å². The molecule has 5 heteroatoms. The molecule has 2 aromatic rings. The highest BCUT2D eigenvalue weighted by Gasteiger charge is 2.19. The topological polar surface area (TPSA) is 78.4 Å². The Balaban J connectivity index is 2.17. The molecule has 1 unspecified atom stereocenters. The Morgan fingerprint density at radius 3 is 1.90 bits per heavy atom. The molecule has 0 saturated carbocycles. The van der Waals surface area contributed by atoms with Crippen LogP contribution in [0.1, 0.15) is 73.4 Å². The van der Waals surface area contributed by atoms with Gasteiger partial charge in [0.15, 0.2) is 0 Å². The standard InChI is InChI=1S/C26H34N2O3/c1-25(2,3)27-23(30)21-13-9-7-11-18(21)15-16-20(29)17-19-12-8-10-14-22(19)24(31)28-26(4,5)6/h7-16,20,29H,17H2,1-6H3,(H,27,30)(H,28,31)/b16-15-. The summed E-state index contributed by atoms with van der Waals surface area (Å²) in [6, 6.07) is 14.5. The van der Waals surface area contributed by atoms with Crippen molar-refractivity contribution >= 4 is 17.9 Å². The summed E-state index contributed by atoms with van der Waals surface area (Å²) in [5.74, 6) is -0.324. The molecule has 0 bridgehead atoms. The van der Waals surface area contributed by atoms with Crippen LogP contribution >= 0.6 is 0 Å². The van der Waals surface area contributed by atoms with Crippen molar-refractivity contribution in [2.45, 2.75) is 65.1 Å². The number of aliphatic hydroxyl groups excluding tert-OH is 1. The fourth-order valence-corrected chi connectivity index (χ4v) is 3.09. The number of rotatable bonds is 6. The van der Waals surface area contributed by atoms with E-state index in [4.69, 9.17) is 0 Å². The Morgan fingerprint density at radius 1 is 0.839 bits per heavy atom. The van der Waals surface area contributed by atoms with Gasteiger partial charge in [-0.15, -0.1) is 0 Å². The summed E-state index contributed by atoms with van der Waals surface area (Å²) in [6.45, 7) is 11.6. The molecular weight excluding hydrogens is 388 g/mol. The van der Waals surface area contributed by atoms with Gasteiger partial charge in [-0.2, -0.15) is 0 Å². The van der Waals surface area contributed by atoms with E-state index >= 15 is 0 Å². The van der Waals surface area contributed by atoms with Gasteiger partial charge in [0.25, 0.3) is 11.8 Å². The van der Waals surface area contributed by atoms with Crippen molar-refractivity contribution in [2.75, 3.05) is 0 Å². The third-order valence-electron chi connectivity index (χ3n) is 4.37. The van der Waals surface area contributed by atoms with Gasteiger partial charge in [-0.3, -0.25) is 9.59 Å². The van der Waals surface area contributed by atoms with E-state index in [2.05, 4.69) is 10.6 Å². The second-order valence-corrected chi connectivity index (χ2v) is 9.78. The van der Waals surface area contributed by atoms with Gasteiger partial charge in [-0.05, 0) is 64.8 Å². The highest BCUT2D eigenvalue weighted by Crippen LogP contribution is 2.16. The number of benzene rings is 2. The normalized spacial score (nSPS) is 13.1. The van der Waals surface area contributed by atoms with Crippen LogP contribution in [0.3, 0.4) is 0 Å². The fraction of sp³-hybridized carbons (Fsp3) is 0.385. The van der Waals surface area contributed by atoms with Crippen molar-refractivity contribution in [2.24, 2.45) is 0 Å². The van der Waals surface area contributed by atoms with E-state index in [0.717, 1.165) is 11.1 Å². The molecule has 0 saturated heterocycles. The summed E-state index contributed by atoms with van der Waals surface area (Å²) in [5, 5.41) is 16.5. The quantitative estimate of drug-likeness (QED) is 0.647. The molecule has 31 heavy (non-hydrogen) atoms. The zero-order valence-corrected chi connectivity index (χ0v) is 19.3. The molecule has 1 atom stereocenters. The maximum atomic E-state index is 12.6. The highest BCUT2D eigenvalue weighted by atomic mass is 16.3. The van der Waals surface area contributed by atoms with Crippen LogP contribution in [0.25, 0.3) is 6.08 Å². The van der Waals surface area contributed by atoms with E-state index in [1.165, 1.54) is 0 Å². The van der Waals surface area contributed by atoms with Gasteiger partial charge in [-0.25, -0.2) is 0 Å². The molecule has 2 rings (SSSR count). The van der Waals surface area contributed by atoms with Crippen molar-refractivity contribution in [1.82, 2.24) is 10.6 Å². The summed E-state index contributed by atoms with van der Waals surface area (Å²) in [5.41, 5.74) is 1.90. The van der Waals surface area contributed by atoms with Crippen molar-refractivity contribution in [3.05, 3.63) is 76.9 Å². The molecule has 0 radical (unpaired) electrons. The SMILES string of the molecule is CC(C)(C)NC(=O)c1ccccc1/C=C\C(O)Cc1ccccc1C(=O)NC(C)(C)C. The third kappa shape index (κ3) is 8.02. The van der Waals surface area contributed by atoms with Gasteiger partial charge in [0, 0.05) is 28.6 Å². The summed E-state index contributed by atoms with van der Waals surface area (Å²) >= 11 is 0. The third-order valence-corrected chi connectivity index (χ3v) is 4.37. The first kappa shape index (κ1) is 24.4. The van der Waals surface area contributed by atoms with Crippen LogP contribution in [0.15, 0.2) is 54.6 Å². The van der Waals surface area contributed by atoms with Crippen molar-refractivity contribution in [1.29, 1.82) is 0 Å². The number of hydrogen-bond donors (Lipinski definition) is 3. The largest absolute Gasteiger partial charge is 0.389 e. The fourth-order valence-electron chi connectivity index (χ4n) is 3.09. The zero-order valence-electron chi connectivity index (χ0n) is 19.3. The minimum absolute atomic E-state index is 0.161. The highest BCUT2D eigenvalue weighted by molar-refractivity contribution is 5.98. The van der Waals surface area contributed by atoms with Crippen LogP contribution < -0.4 is 10.6 Å². The molecule has 3 N–H and O–H groups in total. The van der Waals surface area contributed by atoms with Crippen LogP contribution in [0, 0.1) is 0 Å². The summed E-state index contributed by atoms with van der Waals surface area (Å²) in [6.07, 6.45) is 2.89. The maximum absolute atomic E-state index is 12.6. The van der Waals surface area contributed by atoms with Crippen molar-refractivity contribution in [3.63, 3.8) is 0 Å². The number of nitrogens with one attached hydrogen (secondary N) is 2. The average Bonchev–Trinajstić information content (AvgIpc) is 2.64. The Bertz CT molecular complexity index is 950. The second kappa shape index (κ2) is 9.92. The molecule has 0 aliphatic carbocycles.